The zero-order valence-corrected chi connectivity index (χ0v) is 23.3. The van der Waals surface area contributed by atoms with Crippen LogP contribution in [0.5, 0.6) is 5.75 Å². The average molecular weight is 572 g/mol. The summed E-state index contributed by atoms with van der Waals surface area (Å²) in [6.45, 7) is 3.70. The van der Waals surface area contributed by atoms with Gasteiger partial charge in [-0.3, -0.25) is 19.2 Å². The summed E-state index contributed by atoms with van der Waals surface area (Å²) in [6, 6.07) is 21.9. The van der Waals surface area contributed by atoms with Gasteiger partial charge in [0.2, 0.25) is 11.8 Å². The number of fused-ring (bicyclic) bond motifs is 2. The van der Waals surface area contributed by atoms with Gasteiger partial charge >= 0.3 is 4.87 Å². The fraction of sp³-hybridized carbons (Fsp3) is 0.200. The molecule has 10 heteroatoms. The van der Waals surface area contributed by atoms with E-state index in [4.69, 9.17) is 4.74 Å². The van der Waals surface area contributed by atoms with Crippen molar-refractivity contribution in [1.29, 1.82) is 0 Å². The van der Waals surface area contributed by atoms with Crippen LogP contribution in [0.25, 0.3) is 0 Å². The zero-order chi connectivity index (χ0) is 28.0. The van der Waals surface area contributed by atoms with Crippen LogP contribution in [0.4, 0.5) is 11.4 Å². The monoisotopic (exact) mass is 571 g/mol. The topological polar surface area (TPSA) is 109 Å². The molecule has 3 aromatic carbocycles. The Labute approximate surface area is 238 Å². The molecule has 0 saturated carbocycles. The first-order valence-electron chi connectivity index (χ1n) is 12.7. The van der Waals surface area contributed by atoms with Crippen LogP contribution in [0.15, 0.2) is 82.6 Å². The smallest absolute Gasteiger partial charge is 0.305 e. The Morgan fingerprint density at radius 2 is 1.68 bits per heavy atom. The van der Waals surface area contributed by atoms with E-state index in [0.29, 0.717) is 16.5 Å². The van der Waals surface area contributed by atoms with Crippen LogP contribution in [0.1, 0.15) is 27.5 Å². The number of rotatable bonds is 6. The van der Waals surface area contributed by atoms with Crippen LogP contribution in [-0.2, 0) is 14.4 Å². The summed E-state index contributed by atoms with van der Waals surface area (Å²) in [4.78, 5) is 56.7. The molecule has 0 aliphatic carbocycles. The second-order valence-corrected chi connectivity index (χ2v) is 12.0. The number of benzene rings is 3. The molecular formula is C30H25N3O5S2. The van der Waals surface area contributed by atoms with Crippen LogP contribution in [0.2, 0.25) is 0 Å². The number of carbonyl (C=O) groups is 3. The Hall–Kier alpha value is -4.15. The number of hydrogen-bond acceptors (Lipinski definition) is 7. The van der Waals surface area contributed by atoms with Gasteiger partial charge in [-0.1, -0.05) is 71.1 Å². The fourth-order valence-electron chi connectivity index (χ4n) is 5.14. The number of aromatic amines is 1. The Balaban J connectivity index is 1.25. The molecule has 3 heterocycles. The first-order chi connectivity index (χ1) is 19.3. The zero-order valence-electron chi connectivity index (χ0n) is 21.7. The van der Waals surface area contributed by atoms with Crippen molar-refractivity contribution < 1.29 is 19.1 Å². The number of aryl methyl sites for hydroxylation is 2. The number of nitrogens with one attached hydrogen (secondary N) is 2. The standard InChI is InChI=1S/C30H25N3O5S2/c1-16-7-11-19(12-8-16)33-28(35)24-23(25-27(32-30(37)40-25)39-26(24)29(33)36)18-9-13-20(14-10-18)38-15-22(34)31-21-6-4-3-5-17(21)2/h3-14,23-24,26H,15H2,1-2H3,(H,31,34)(H,32,37). The van der Waals surface area contributed by atoms with E-state index in [2.05, 4.69) is 10.3 Å². The third kappa shape index (κ3) is 4.73. The van der Waals surface area contributed by atoms with Crippen LogP contribution in [0.3, 0.4) is 0 Å². The van der Waals surface area contributed by atoms with Gasteiger partial charge < -0.3 is 15.0 Å². The lowest BCUT2D eigenvalue weighted by Crippen LogP contribution is -2.32. The highest BCUT2D eigenvalue weighted by Gasteiger charge is 2.56. The number of hydrogen-bond donors (Lipinski definition) is 2. The van der Waals surface area contributed by atoms with Gasteiger partial charge in [-0.2, -0.15) is 0 Å². The maximum atomic E-state index is 13.8. The van der Waals surface area contributed by atoms with Gasteiger partial charge in [0.15, 0.2) is 6.61 Å². The van der Waals surface area contributed by atoms with E-state index in [0.717, 1.165) is 38.6 Å². The van der Waals surface area contributed by atoms with Crippen molar-refractivity contribution >= 4 is 52.2 Å². The molecule has 1 aromatic heterocycles. The van der Waals surface area contributed by atoms with Gasteiger partial charge in [-0.25, -0.2) is 4.90 Å². The number of imide groups is 1. The summed E-state index contributed by atoms with van der Waals surface area (Å²) in [6.07, 6.45) is 0. The number of ether oxygens (including phenoxy) is 1. The summed E-state index contributed by atoms with van der Waals surface area (Å²) in [5, 5.41) is 2.81. The molecule has 2 aliphatic heterocycles. The van der Waals surface area contributed by atoms with Crippen molar-refractivity contribution in [2.24, 2.45) is 5.92 Å². The van der Waals surface area contributed by atoms with Crippen molar-refractivity contribution in [3.63, 3.8) is 0 Å². The fourth-order valence-corrected chi connectivity index (χ4v) is 7.66. The minimum atomic E-state index is -0.663. The van der Waals surface area contributed by atoms with E-state index in [1.165, 1.54) is 16.7 Å². The molecule has 0 radical (unpaired) electrons. The van der Waals surface area contributed by atoms with Crippen molar-refractivity contribution in [2.45, 2.75) is 30.0 Å². The Morgan fingerprint density at radius 1 is 0.950 bits per heavy atom. The molecule has 2 N–H and O–H groups in total. The van der Waals surface area contributed by atoms with Gasteiger partial charge in [-0.05, 0) is 55.3 Å². The molecule has 8 nitrogen and oxygen atoms in total. The van der Waals surface area contributed by atoms with Crippen LogP contribution in [0, 0.1) is 19.8 Å². The van der Waals surface area contributed by atoms with Gasteiger partial charge in [0, 0.05) is 16.5 Å². The molecule has 3 atom stereocenters. The molecule has 4 aromatic rings. The molecule has 202 valence electrons. The maximum Gasteiger partial charge on any atom is 0.305 e. The molecule has 0 spiro atoms. The Kier molecular flexibility index (Phi) is 6.81. The largest absolute Gasteiger partial charge is 0.484 e. The molecule has 6 rings (SSSR count). The Bertz CT molecular complexity index is 1680. The number of aromatic nitrogens is 1. The number of carbonyl (C=O) groups excluding carboxylic acids is 3. The molecule has 0 bridgehead atoms. The number of amides is 3. The highest BCUT2D eigenvalue weighted by molar-refractivity contribution is 8.00. The first-order valence-corrected chi connectivity index (χ1v) is 14.4. The number of thiazole rings is 1. The van der Waals surface area contributed by atoms with Gasteiger partial charge in [0.1, 0.15) is 11.0 Å². The molecule has 2 aliphatic rings. The lowest BCUT2D eigenvalue weighted by atomic mass is 9.83. The molecule has 1 saturated heterocycles. The first kappa shape index (κ1) is 26.1. The molecule has 3 amide bonds. The van der Waals surface area contributed by atoms with Gasteiger partial charge in [0.25, 0.3) is 5.91 Å². The SMILES string of the molecule is Cc1ccc(N2C(=O)C3Sc4[nH]c(=O)sc4C(c4ccc(OCC(=O)Nc5ccccc5C)cc4)C3C2=O)cc1. The molecule has 3 unspecified atom stereocenters. The van der Waals surface area contributed by atoms with E-state index in [-0.39, 0.29) is 29.2 Å². The van der Waals surface area contributed by atoms with Crippen LogP contribution >= 0.6 is 23.1 Å². The predicted octanol–water partition coefficient (Wildman–Crippen LogP) is 4.87. The Morgan fingerprint density at radius 3 is 2.40 bits per heavy atom. The number of thioether (sulfide) groups is 1. The third-order valence-electron chi connectivity index (χ3n) is 7.14. The summed E-state index contributed by atoms with van der Waals surface area (Å²) in [5.41, 5.74) is 4.04. The number of H-pyrrole nitrogens is 1. The summed E-state index contributed by atoms with van der Waals surface area (Å²) in [7, 11) is 0. The normalized spacial score (nSPS) is 19.8. The molecule has 40 heavy (non-hydrogen) atoms. The van der Waals surface area contributed by atoms with E-state index in [1.807, 2.05) is 62.4 Å². The summed E-state index contributed by atoms with van der Waals surface area (Å²) in [5.74, 6) is -1.50. The summed E-state index contributed by atoms with van der Waals surface area (Å²) < 4.78 is 5.71. The van der Waals surface area contributed by atoms with Crippen LogP contribution in [-0.4, -0.2) is 34.6 Å². The number of nitrogens with zero attached hydrogens (tertiary/aromatic N) is 1. The highest BCUT2D eigenvalue weighted by atomic mass is 32.2. The van der Waals surface area contributed by atoms with Gasteiger partial charge in [-0.15, -0.1) is 0 Å². The van der Waals surface area contributed by atoms with Crippen molar-refractivity contribution in [3.05, 3.63) is 104 Å². The van der Waals surface area contributed by atoms with Crippen LogP contribution < -0.4 is 19.8 Å². The second kappa shape index (κ2) is 10.4. The minimum absolute atomic E-state index is 0.166. The lowest BCUT2D eigenvalue weighted by Gasteiger charge is -2.29. The average Bonchev–Trinajstić information content (AvgIpc) is 3.44. The quantitative estimate of drug-likeness (QED) is 0.320. The molecular weight excluding hydrogens is 546 g/mol. The van der Waals surface area contributed by atoms with Crippen molar-refractivity contribution in [2.75, 3.05) is 16.8 Å². The lowest BCUT2D eigenvalue weighted by molar-refractivity contribution is -0.122. The molecule has 1 fully saturated rings. The maximum absolute atomic E-state index is 13.8. The minimum Gasteiger partial charge on any atom is -0.484 e. The summed E-state index contributed by atoms with van der Waals surface area (Å²) >= 11 is 2.32. The van der Waals surface area contributed by atoms with Crippen molar-refractivity contribution in [3.8, 4) is 5.75 Å². The highest BCUT2D eigenvalue weighted by Crippen LogP contribution is 2.53. The number of para-hydroxylation sites is 1. The van der Waals surface area contributed by atoms with Gasteiger partial charge in [0.05, 0.1) is 16.6 Å². The van der Waals surface area contributed by atoms with E-state index < -0.39 is 17.1 Å². The van der Waals surface area contributed by atoms with Crippen molar-refractivity contribution in [1.82, 2.24) is 4.98 Å². The third-order valence-corrected chi connectivity index (χ3v) is 9.55. The van der Waals surface area contributed by atoms with E-state index in [9.17, 15) is 19.2 Å². The number of anilines is 2. The second-order valence-electron chi connectivity index (χ2n) is 9.82. The predicted molar refractivity (Wildman–Crippen MR) is 155 cm³/mol. The van der Waals surface area contributed by atoms with E-state index in [1.54, 1.807) is 24.3 Å². The van der Waals surface area contributed by atoms with E-state index >= 15 is 0 Å².